The molecule has 0 aromatic heterocycles. The molecule has 1 saturated carbocycles. The van der Waals surface area contributed by atoms with E-state index in [2.05, 4.69) is 4.99 Å². The average molecular weight is 269 g/mol. The number of nitrogens with zero attached hydrogens (tertiary/aromatic N) is 1. The number of hydrogen-bond donors (Lipinski definition) is 1. The van der Waals surface area contributed by atoms with Crippen LogP contribution in [0.4, 0.5) is 0 Å². The SMILES string of the molecule is NC(=NC=Cc1ccc(Cl)c(Cl)c1)C1CCC1. The summed E-state index contributed by atoms with van der Waals surface area (Å²) >= 11 is 11.7. The Morgan fingerprint density at radius 1 is 1.29 bits per heavy atom. The fraction of sp³-hybridized carbons (Fsp3) is 0.308. The first-order valence-electron chi connectivity index (χ1n) is 5.61. The average Bonchev–Trinajstić information content (AvgIpc) is 2.21. The number of nitrogens with two attached hydrogens (primary N) is 1. The van der Waals surface area contributed by atoms with Crippen LogP contribution in [0.15, 0.2) is 29.4 Å². The summed E-state index contributed by atoms with van der Waals surface area (Å²) in [5.74, 6) is 1.21. The predicted molar refractivity (Wildman–Crippen MR) is 74.5 cm³/mol. The van der Waals surface area contributed by atoms with Gasteiger partial charge in [0.25, 0.3) is 0 Å². The van der Waals surface area contributed by atoms with Crippen molar-refractivity contribution in [3.63, 3.8) is 0 Å². The smallest absolute Gasteiger partial charge is 0.102 e. The topological polar surface area (TPSA) is 38.4 Å². The van der Waals surface area contributed by atoms with Crippen molar-refractivity contribution in [3.8, 4) is 0 Å². The zero-order valence-corrected chi connectivity index (χ0v) is 10.9. The first-order chi connectivity index (χ1) is 8.16. The first kappa shape index (κ1) is 12.5. The van der Waals surface area contributed by atoms with Crippen LogP contribution >= 0.6 is 23.2 Å². The van der Waals surface area contributed by atoms with Gasteiger partial charge in [-0.3, -0.25) is 0 Å². The van der Waals surface area contributed by atoms with Crippen molar-refractivity contribution in [2.24, 2.45) is 16.6 Å². The fourth-order valence-corrected chi connectivity index (χ4v) is 1.94. The summed E-state index contributed by atoms with van der Waals surface area (Å²) in [6, 6.07) is 5.46. The molecule has 1 aliphatic rings. The number of aliphatic imine (C=N–C) groups is 1. The maximum atomic E-state index is 5.91. The van der Waals surface area contributed by atoms with Gasteiger partial charge in [0.15, 0.2) is 0 Å². The number of hydrogen-bond acceptors (Lipinski definition) is 1. The van der Waals surface area contributed by atoms with Crippen molar-refractivity contribution in [3.05, 3.63) is 40.0 Å². The molecule has 1 aromatic carbocycles. The molecule has 2 rings (SSSR count). The molecule has 2 N–H and O–H groups in total. The Morgan fingerprint density at radius 2 is 2.06 bits per heavy atom. The summed E-state index contributed by atoms with van der Waals surface area (Å²) in [4.78, 5) is 4.23. The molecule has 0 bridgehead atoms. The Labute approximate surface area is 111 Å². The van der Waals surface area contributed by atoms with Gasteiger partial charge in [-0.1, -0.05) is 35.7 Å². The summed E-state index contributed by atoms with van der Waals surface area (Å²) in [5, 5.41) is 1.10. The van der Waals surface area contributed by atoms with Crippen LogP contribution in [0.2, 0.25) is 10.0 Å². The molecule has 1 aromatic rings. The molecule has 0 radical (unpaired) electrons. The molecule has 0 atom stereocenters. The lowest BCUT2D eigenvalue weighted by Gasteiger charge is -2.23. The highest BCUT2D eigenvalue weighted by atomic mass is 35.5. The van der Waals surface area contributed by atoms with Crippen molar-refractivity contribution in [2.75, 3.05) is 0 Å². The number of halogens is 2. The molecule has 0 heterocycles. The second-order valence-electron chi connectivity index (χ2n) is 4.17. The molecule has 0 aliphatic heterocycles. The lowest BCUT2D eigenvalue weighted by molar-refractivity contribution is 0.411. The van der Waals surface area contributed by atoms with Crippen LogP contribution in [0.25, 0.3) is 6.08 Å². The zero-order chi connectivity index (χ0) is 12.3. The lowest BCUT2D eigenvalue weighted by Crippen LogP contribution is -2.28. The van der Waals surface area contributed by atoms with Gasteiger partial charge in [-0.15, -0.1) is 0 Å². The van der Waals surface area contributed by atoms with Crippen LogP contribution in [0.1, 0.15) is 24.8 Å². The Kier molecular flexibility index (Phi) is 4.08. The van der Waals surface area contributed by atoms with Gasteiger partial charge in [0.2, 0.25) is 0 Å². The van der Waals surface area contributed by atoms with Crippen molar-refractivity contribution < 1.29 is 0 Å². The van der Waals surface area contributed by atoms with Gasteiger partial charge in [-0.2, -0.15) is 0 Å². The van der Waals surface area contributed by atoms with Gasteiger partial charge in [0.05, 0.1) is 10.0 Å². The molecule has 17 heavy (non-hydrogen) atoms. The molecule has 1 aliphatic carbocycles. The van der Waals surface area contributed by atoms with Gasteiger partial charge in [0, 0.05) is 12.1 Å². The molecule has 0 spiro atoms. The summed E-state index contributed by atoms with van der Waals surface area (Å²) in [6.07, 6.45) is 7.17. The monoisotopic (exact) mass is 268 g/mol. The van der Waals surface area contributed by atoms with Crippen molar-refractivity contribution in [1.82, 2.24) is 0 Å². The van der Waals surface area contributed by atoms with Gasteiger partial charge in [-0.05, 0) is 36.6 Å². The second-order valence-corrected chi connectivity index (χ2v) is 4.99. The van der Waals surface area contributed by atoms with Crippen LogP contribution in [0.5, 0.6) is 0 Å². The highest BCUT2D eigenvalue weighted by molar-refractivity contribution is 6.42. The molecular formula is C13H14Cl2N2. The minimum absolute atomic E-state index is 0.480. The number of amidine groups is 1. The van der Waals surface area contributed by atoms with Gasteiger partial charge >= 0.3 is 0 Å². The predicted octanol–water partition coefficient (Wildman–Crippen LogP) is 4.12. The normalized spacial score (nSPS) is 17.4. The third-order valence-electron chi connectivity index (χ3n) is 2.96. The summed E-state index contributed by atoms with van der Waals surface area (Å²) in [6.45, 7) is 0. The van der Waals surface area contributed by atoms with Crippen molar-refractivity contribution >= 4 is 35.1 Å². The number of rotatable bonds is 3. The van der Waals surface area contributed by atoms with Crippen LogP contribution in [-0.2, 0) is 0 Å². The van der Waals surface area contributed by atoms with Crippen molar-refractivity contribution in [1.29, 1.82) is 0 Å². The van der Waals surface area contributed by atoms with Crippen molar-refractivity contribution in [2.45, 2.75) is 19.3 Å². The molecule has 2 nitrogen and oxygen atoms in total. The summed E-state index contributed by atoms with van der Waals surface area (Å²) in [5.41, 5.74) is 6.81. The molecule has 4 heteroatoms. The van der Waals surface area contributed by atoms with Crippen LogP contribution in [0, 0.1) is 5.92 Å². The highest BCUT2D eigenvalue weighted by Gasteiger charge is 2.20. The number of benzene rings is 1. The molecule has 0 amide bonds. The Balaban J connectivity index is 2.02. The van der Waals surface area contributed by atoms with Gasteiger partial charge in [-0.25, -0.2) is 4.99 Å². The maximum Gasteiger partial charge on any atom is 0.102 e. The summed E-state index contributed by atoms with van der Waals surface area (Å²) < 4.78 is 0. The van der Waals surface area contributed by atoms with E-state index in [-0.39, 0.29) is 0 Å². The van der Waals surface area contributed by atoms with E-state index < -0.39 is 0 Å². The minimum atomic E-state index is 0.480. The van der Waals surface area contributed by atoms with E-state index in [4.69, 9.17) is 28.9 Å². The van der Waals surface area contributed by atoms with Gasteiger partial charge in [0.1, 0.15) is 5.84 Å². The Hall–Kier alpha value is -0.990. The lowest BCUT2D eigenvalue weighted by atomic mass is 9.85. The third kappa shape index (κ3) is 3.24. The zero-order valence-electron chi connectivity index (χ0n) is 9.37. The van der Waals surface area contributed by atoms with E-state index in [1.807, 2.05) is 12.1 Å². The fourth-order valence-electron chi connectivity index (χ4n) is 1.63. The molecular weight excluding hydrogens is 255 g/mol. The van der Waals surface area contributed by atoms with Crippen LogP contribution in [-0.4, -0.2) is 5.84 Å². The van der Waals surface area contributed by atoms with Crippen LogP contribution in [0.3, 0.4) is 0 Å². The van der Waals surface area contributed by atoms with E-state index in [0.29, 0.717) is 16.0 Å². The highest BCUT2D eigenvalue weighted by Crippen LogP contribution is 2.26. The van der Waals surface area contributed by atoms with E-state index >= 15 is 0 Å². The summed E-state index contributed by atoms with van der Waals surface area (Å²) in [7, 11) is 0. The van der Waals surface area contributed by atoms with E-state index in [9.17, 15) is 0 Å². The second kappa shape index (κ2) is 5.56. The molecule has 1 fully saturated rings. The van der Waals surface area contributed by atoms with Crippen LogP contribution < -0.4 is 5.73 Å². The first-order valence-corrected chi connectivity index (χ1v) is 6.37. The maximum absolute atomic E-state index is 5.91. The van der Waals surface area contributed by atoms with E-state index in [0.717, 1.165) is 24.2 Å². The van der Waals surface area contributed by atoms with E-state index in [1.54, 1.807) is 18.3 Å². The molecule has 0 unspecified atom stereocenters. The van der Waals surface area contributed by atoms with Gasteiger partial charge < -0.3 is 5.73 Å². The minimum Gasteiger partial charge on any atom is -0.387 e. The quantitative estimate of drug-likeness (QED) is 0.650. The third-order valence-corrected chi connectivity index (χ3v) is 3.70. The van der Waals surface area contributed by atoms with E-state index in [1.165, 1.54) is 6.42 Å². The molecule has 0 saturated heterocycles. The molecule has 90 valence electrons. The Morgan fingerprint density at radius 3 is 2.65 bits per heavy atom. The standard InChI is InChI=1S/C13H14Cl2N2/c14-11-5-4-9(8-12(11)15)6-7-17-13(16)10-2-1-3-10/h4-8,10H,1-3H2,(H2,16,17). The Bertz CT molecular complexity index is 462. The largest absolute Gasteiger partial charge is 0.387 e.